The summed E-state index contributed by atoms with van der Waals surface area (Å²) >= 11 is 0. The number of hydrogen-bond donors (Lipinski definition) is 0. The van der Waals surface area contributed by atoms with Crippen LogP contribution in [0.15, 0.2) is 24.3 Å². The van der Waals surface area contributed by atoms with Gasteiger partial charge in [0.25, 0.3) is 0 Å². The maximum Gasteiger partial charge on any atom is 0.214 e. The Kier molecular flexibility index (Phi) is 9.71. The number of benzene rings is 1. The minimum atomic E-state index is -3.20. The van der Waals surface area contributed by atoms with Gasteiger partial charge in [0.05, 0.1) is 12.9 Å². The van der Waals surface area contributed by atoms with E-state index in [-0.39, 0.29) is 5.75 Å². The van der Waals surface area contributed by atoms with E-state index in [2.05, 4.69) is 28.9 Å². The molecule has 1 aliphatic heterocycles. The highest BCUT2D eigenvalue weighted by Gasteiger charge is 2.28. The molecule has 0 atom stereocenters. The van der Waals surface area contributed by atoms with E-state index in [9.17, 15) is 8.42 Å². The molecule has 1 aliphatic rings. The summed E-state index contributed by atoms with van der Waals surface area (Å²) in [5.74, 6) is 2.75. The number of sulfonamides is 1. The molecule has 1 aromatic heterocycles. The van der Waals surface area contributed by atoms with E-state index in [0.29, 0.717) is 26.2 Å². The fraction of sp³-hybridized carbons (Fsp3) is 0.615. The molecule has 188 valence electrons. The van der Waals surface area contributed by atoms with Crippen molar-refractivity contribution in [3.05, 3.63) is 46.9 Å². The Morgan fingerprint density at radius 1 is 0.912 bits per heavy atom. The van der Waals surface area contributed by atoms with Crippen molar-refractivity contribution >= 4 is 15.8 Å². The van der Waals surface area contributed by atoms with Crippen LogP contribution in [0.1, 0.15) is 68.1 Å². The molecule has 3 rings (SSSR count). The van der Waals surface area contributed by atoms with Gasteiger partial charge in [-0.25, -0.2) is 18.4 Å². The van der Waals surface area contributed by atoms with Crippen molar-refractivity contribution in [3.8, 4) is 5.75 Å². The Balaban J connectivity index is 1.64. The molecule has 1 aromatic carbocycles. The van der Waals surface area contributed by atoms with Crippen LogP contribution < -0.4 is 9.64 Å². The normalized spacial score (nSPS) is 15.0. The average molecular weight is 489 g/mol. The Morgan fingerprint density at radius 2 is 1.56 bits per heavy atom. The molecule has 0 unspecified atom stereocenters. The quantitative estimate of drug-likeness (QED) is 0.409. The molecule has 0 bridgehead atoms. The number of rotatable bonds is 12. The molecule has 0 N–H and O–H groups in total. The molecular weight excluding hydrogens is 448 g/mol. The second kappa shape index (κ2) is 12.5. The van der Waals surface area contributed by atoms with Gasteiger partial charge < -0.3 is 9.64 Å². The summed E-state index contributed by atoms with van der Waals surface area (Å²) in [6.07, 6.45) is 7.23. The summed E-state index contributed by atoms with van der Waals surface area (Å²) in [5.41, 5.74) is 3.23. The van der Waals surface area contributed by atoms with Crippen LogP contribution in [0.5, 0.6) is 5.75 Å². The fourth-order valence-electron chi connectivity index (χ4n) is 4.51. The lowest BCUT2D eigenvalue weighted by atomic mass is 10.0. The number of nitrogens with zero attached hydrogens (tertiary/aromatic N) is 4. The van der Waals surface area contributed by atoms with Crippen molar-refractivity contribution in [2.75, 3.05) is 43.9 Å². The highest BCUT2D eigenvalue weighted by atomic mass is 32.2. The summed E-state index contributed by atoms with van der Waals surface area (Å²) in [6.45, 7) is 8.41. The second-order valence-corrected chi connectivity index (χ2v) is 11.2. The van der Waals surface area contributed by atoms with Crippen LogP contribution in [0.2, 0.25) is 0 Å². The third kappa shape index (κ3) is 7.15. The standard InChI is InChI=1S/C26H40N4O3S/c1-5-6-7-8-9-10-19-34(31,32)30-17-15-29(16-18-30)26-25(21(2)27-22(3)28-26)20-23-11-13-24(33-4)14-12-23/h11-14H,5-10,15-20H2,1-4H3. The predicted molar refractivity (Wildman–Crippen MR) is 138 cm³/mol. The maximum absolute atomic E-state index is 12.9. The van der Waals surface area contributed by atoms with Gasteiger partial charge in [0, 0.05) is 43.9 Å². The highest BCUT2D eigenvalue weighted by Crippen LogP contribution is 2.26. The SMILES string of the molecule is CCCCCCCCS(=O)(=O)N1CCN(c2nc(C)nc(C)c2Cc2ccc(OC)cc2)CC1. The van der Waals surface area contributed by atoms with Crippen LogP contribution in [0.4, 0.5) is 5.82 Å². The first-order valence-electron chi connectivity index (χ1n) is 12.5. The van der Waals surface area contributed by atoms with E-state index in [4.69, 9.17) is 9.72 Å². The summed E-state index contributed by atoms with van der Waals surface area (Å²) in [6, 6.07) is 8.06. The van der Waals surface area contributed by atoms with Crippen molar-refractivity contribution in [1.29, 1.82) is 0 Å². The minimum Gasteiger partial charge on any atom is -0.497 e. The predicted octanol–water partition coefficient (Wildman–Crippen LogP) is 4.51. The number of piperazine rings is 1. The number of anilines is 1. The zero-order chi connectivity index (χ0) is 24.6. The van der Waals surface area contributed by atoms with E-state index in [1.165, 1.54) is 19.3 Å². The Hall–Kier alpha value is -2.19. The van der Waals surface area contributed by atoms with Gasteiger partial charge in [-0.05, 0) is 38.0 Å². The van der Waals surface area contributed by atoms with Gasteiger partial charge in [0.15, 0.2) is 0 Å². The van der Waals surface area contributed by atoms with Crippen molar-refractivity contribution < 1.29 is 13.2 Å². The van der Waals surface area contributed by atoms with Crippen LogP contribution >= 0.6 is 0 Å². The van der Waals surface area contributed by atoms with E-state index in [0.717, 1.165) is 59.9 Å². The van der Waals surface area contributed by atoms with Crippen molar-refractivity contribution in [2.45, 2.75) is 65.7 Å². The lowest BCUT2D eigenvalue weighted by molar-refractivity contribution is 0.382. The molecule has 1 saturated heterocycles. The number of aromatic nitrogens is 2. The molecule has 7 nitrogen and oxygen atoms in total. The van der Waals surface area contributed by atoms with Crippen LogP contribution in [0.25, 0.3) is 0 Å². The Morgan fingerprint density at radius 3 is 2.21 bits per heavy atom. The zero-order valence-electron chi connectivity index (χ0n) is 21.2. The summed E-state index contributed by atoms with van der Waals surface area (Å²) in [7, 11) is -1.54. The first-order chi connectivity index (χ1) is 16.3. The minimum absolute atomic E-state index is 0.258. The number of unbranched alkanes of at least 4 members (excludes halogenated alkanes) is 5. The van der Waals surface area contributed by atoms with Crippen LogP contribution in [0, 0.1) is 13.8 Å². The van der Waals surface area contributed by atoms with Crippen molar-refractivity contribution in [1.82, 2.24) is 14.3 Å². The van der Waals surface area contributed by atoms with Gasteiger partial charge in [0.1, 0.15) is 17.4 Å². The molecule has 34 heavy (non-hydrogen) atoms. The number of aryl methyl sites for hydroxylation is 2. The van der Waals surface area contributed by atoms with Crippen LogP contribution in [-0.2, 0) is 16.4 Å². The second-order valence-electron chi connectivity index (χ2n) is 9.15. The van der Waals surface area contributed by atoms with E-state index in [1.54, 1.807) is 11.4 Å². The number of hydrogen-bond acceptors (Lipinski definition) is 6. The molecule has 0 saturated carbocycles. The van der Waals surface area contributed by atoms with Crippen LogP contribution in [0.3, 0.4) is 0 Å². The first-order valence-corrected chi connectivity index (χ1v) is 14.1. The molecule has 1 fully saturated rings. The number of methoxy groups -OCH3 is 1. The largest absolute Gasteiger partial charge is 0.497 e. The molecule has 0 spiro atoms. The van der Waals surface area contributed by atoms with Crippen molar-refractivity contribution in [3.63, 3.8) is 0 Å². The maximum atomic E-state index is 12.9. The summed E-state index contributed by atoms with van der Waals surface area (Å²) in [4.78, 5) is 11.6. The zero-order valence-corrected chi connectivity index (χ0v) is 22.0. The van der Waals surface area contributed by atoms with E-state index in [1.807, 2.05) is 26.0 Å². The first kappa shape index (κ1) is 26.4. The van der Waals surface area contributed by atoms with E-state index < -0.39 is 10.0 Å². The monoisotopic (exact) mass is 488 g/mol. The average Bonchev–Trinajstić information content (AvgIpc) is 2.83. The number of ether oxygens (including phenoxy) is 1. The molecule has 2 aromatic rings. The molecule has 8 heteroatoms. The Bertz CT molecular complexity index is 1020. The van der Waals surface area contributed by atoms with Crippen molar-refractivity contribution in [2.24, 2.45) is 0 Å². The third-order valence-corrected chi connectivity index (χ3v) is 8.49. The van der Waals surface area contributed by atoms with Gasteiger partial charge in [0.2, 0.25) is 10.0 Å². The molecule has 0 amide bonds. The Labute approximate surface area is 205 Å². The highest BCUT2D eigenvalue weighted by molar-refractivity contribution is 7.89. The van der Waals surface area contributed by atoms with E-state index >= 15 is 0 Å². The summed E-state index contributed by atoms with van der Waals surface area (Å²) < 4.78 is 32.7. The lowest BCUT2D eigenvalue weighted by Crippen LogP contribution is -2.49. The smallest absolute Gasteiger partial charge is 0.214 e. The van der Waals surface area contributed by atoms with Gasteiger partial charge in [-0.1, -0.05) is 51.2 Å². The molecule has 0 aliphatic carbocycles. The van der Waals surface area contributed by atoms with Gasteiger partial charge >= 0.3 is 0 Å². The van der Waals surface area contributed by atoms with Gasteiger partial charge in [-0.15, -0.1) is 0 Å². The topological polar surface area (TPSA) is 75.6 Å². The summed E-state index contributed by atoms with van der Waals surface area (Å²) in [5, 5.41) is 0. The molecular formula is C26H40N4O3S. The van der Waals surface area contributed by atoms with Crippen LogP contribution in [-0.4, -0.2) is 61.7 Å². The fourth-order valence-corrected chi connectivity index (χ4v) is 6.05. The van der Waals surface area contributed by atoms with Gasteiger partial charge in [-0.3, -0.25) is 0 Å². The molecule has 2 heterocycles. The lowest BCUT2D eigenvalue weighted by Gasteiger charge is -2.36. The third-order valence-electron chi connectivity index (χ3n) is 6.53. The molecule has 0 radical (unpaired) electrons. The van der Waals surface area contributed by atoms with Gasteiger partial charge in [-0.2, -0.15) is 4.31 Å².